The lowest BCUT2D eigenvalue weighted by molar-refractivity contribution is 0.110. The molecule has 0 aliphatic carbocycles. The van der Waals surface area contributed by atoms with Gasteiger partial charge in [-0.3, -0.25) is 0 Å². The summed E-state index contributed by atoms with van der Waals surface area (Å²) in [5.74, 6) is 1.35. The highest BCUT2D eigenvalue weighted by Gasteiger charge is 2.04. The number of hydrogen-bond donors (Lipinski definition) is 2. The van der Waals surface area contributed by atoms with Crippen molar-refractivity contribution in [3.8, 4) is 5.75 Å². The van der Waals surface area contributed by atoms with Crippen molar-refractivity contribution in [3.05, 3.63) is 29.3 Å². The van der Waals surface area contributed by atoms with E-state index in [2.05, 4.69) is 30.2 Å². The zero-order chi connectivity index (χ0) is 17.6. The predicted octanol–water partition coefficient (Wildman–Crippen LogP) is 3.39. The van der Waals surface area contributed by atoms with Gasteiger partial charge < -0.3 is 20.5 Å². The molecule has 0 amide bonds. The molecule has 0 fully saturated rings. The van der Waals surface area contributed by atoms with Gasteiger partial charge in [0.25, 0.3) is 0 Å². The van der Waals surface area contributed by atoms with E-state index in [9.17, 15) is 0 Å². The van der Waals surface area contributed by atoms with E-state index in [0.717, 1.165) is 29.8 Å². The topological polar surface area (TPSA) is 68.9 Å². The van der Waals surface area contributed by atoms with E-state index in [1.807, 2.05) is 19.1 Å². The maximum atomic E-state index is 5.93. The molecule has 1 aromatic carbocycles. The van der Waals surface area contributed by atoms with Crippen LogP contribution in [0.4, 0.5) is 0 Å². The molecule has 0 aliphatic rings. The van der Waals surface area contributed by atoms with Crippen LogP contribution >= 0.6 is 0 Å². The standard InChI is InChI=1S/C19H33N3O2/c1-4-6-7-8-11-21-19(20)22-15-17-10-9-16(3)14-18(17)24-13-12-23-5-2/h9-10,14H,4-8,11-13,15H2,1-3H3,(H3,20,21,22). The highest BCUT2D eigenvalue weighted by molar-refractivity contribution is 5.77. The Hall–Kier alpha value is -1.75. The average molecular weight is 335 g/mol. The van der Waals surface area contributed by atoms with E-state index in [4.69, 9.17) is 15.2 Å². The number of benzene rings is 1. The third-order valence-corrected chi connectivity index (χ3v) is 3.67. The molecule has 0 spiro atoms. The molecule has 1 rings (SSSR count). The molecule has 0 bridgehead atoms. The number of rotatable bonds is 12. The van der Waals surface area contributed by atoms with Gasteiger partial charge in [-0.25, -0.2) is 4.99 Å². The SMILES string of the molecule is CCCCCCNC(N)=NCc1ccc(C)cc1OCCOCC. The first-order valence-corrected chi connectivity index (χ1v) is 9.01. The summed E-state index contributed by atoms with van der Waals surface area (Å²) >= 11 is 0. The maximum Gasteiger partial charge on any atom is 0.188 e. The van der Waals surface area contributed by atoms with Gasteiger partial charge >= 0.3 is 0 Å². The van der Waals surface area contributed by atoms with Crippen LogP contribution in [-0.4, -0.2) is 32.3 Å². The van der Waals surface area contributed by atoms with Crippen molar-refractivity contribution in [1.29, 1.82) is 0 Å². The molecule has 24 heavy (non-hydrogen) atoms. The molecule has 0 heterocycles. The minimum atomic E-state index is 0.493. The fraction of sp³-hybridized carbons (Fsp3) is 0.632. The van der Waals surface area contributed by atoms with Crippen LogP contribution in [0.3, 0.4) is 0 Å². The van der Waals surface area contributed by atoms with Crippen LogP contribution in [0.5, 0.6) is 5.75 Å². The molecular weight excluding hydrogens is 302 g/mol. The summed E-state index contributed by atoms with van der Waals surface area (Å²) in [7, 11) is 0. The largest absolute Gasteiger partial charge is 0.491 e. The number of guanidine groups is 1. The highest BCUT2D eigenvalue weighted by Crippen LogP contribution is 2.21. The second-order valence-electron chi connectivity index (χ2n) is 5.85. The number of nitrogens with two attached hydrogens (primary N) is 1. The van der Waals surface area contributed by atoms with Crippen molar-refractivity contribution >= 4 is 5.96 Å². The molecule has 5 heteroatoms. The van der Waals surface area contributed by atoms with Crippen molar-refractivity contribution < 1.29 is 9.47 Å². The van der Waals surface area contributed by atoms with Crippen LogP contribution in [0.15, 0.2) is 23.2 Å². The van der Waals surface area contributed by atoms with E-state index >= 15 is 0 Å². The molecule has 0 saturated heterocycles. The lowest BCUT2D eigenvalue weighted by Gasteiger charge is -2.12. The first-order chi connectivity index (χ1) is 11.7. The smallest absolute Gasteiger partial charge is 0.188 e. The van der Waals surface area contributed by atoms with Crippen LogP contribution in [0, 0.1) is 6.92 Å². The van der Waals surface area contributed by atoms with Crippen LogP contribution in [-0.2, 0) is 11.3 Å². The summed E-state index contributed by atoms with van der Waals surface area (Å²) in [5, 5.41) is 3.17. The van der Waals surface area contributed by atoms with E-state index < -0.39 is 0 Å². The number of ether oxygens (including phenoxy) is 2. The number of aryl methyl sites for hydroxylation is 1. The summed E-state index contributed by atoms with van der Waals surface area (Å²) in [6, 6.07) is 6.14. The molecule has 0 unspecified atom stereocenters. The second kappa shape index (κ2) is 12.6. The Balaban J connectivity index is 2.48. The number of nitrogens with zero attached hydrogens (tertiary/aromatic N) is 1. The molecule has 5 nitrogen and oxygen atoms in total. The lowest BCUT2D eigenvalue weighted by Crippen LogP contribution is -2.32. The Morgan fingerprint density at radius 1 is 1.17 bits per heavy atom. The molecule has 0 saturated carbocycles. The first-order valence-electron chi connectivity index (χ1n) is 9.01. The Bertz CT molecular complexity index is 490. The summed E-state index contributed by atoms with van der Waals surface area (Å²) < 4.78 is 11.1. The molecule has 0 aromatic heterocycles. The fourth-order valence-electron chi connectivity index (χ4n) is 2.28. The molecule has 3 N–H and O–H groups in total. The van der Waals surface area contributed by atoms with Crippen molar-refractivity contribution in [2.24, 2.45) is 10.7 Å². The van der Waals surface area contributed by atoms with Crippen LogP contribution in [0.25, 0.3) is 0 Å². The molecule has 0 atom stereocenters. The molecule has 136 valence electrons. The quantitative estimate of drug-likeness (QED) is 0.349. The zero-order valence-corrected chi connectivity index (χ0v) is 15.4. The zero-order valence-electron chi connectivity index (χ0n) is 15.4. The Kier molecular flexibility index (Phi) is 10.7. The average Bonchev–Trinajstić information content (AvgIpc) is 2.58. The van der Waals surface area contributed by atoms with E-state index in [0.29, 0.717) is 32.3 Å². The van der Waals surface area contributed by atoms with E-state index in [1.165, 1.54) is 19.3 Å². The minimum absolute atomic E-state index is 0.493. The third-order valence-electron chi connectivity index (χ3n) is 3.67. The van der Waals surface area contributed by atoms with Gasteiger partial charge in [-0.15, -0.1) is 0 Å². The van der Waals surface area contributed by atoms with Crippen LogP contribution in [0.1, 0.15) is 50.7 Å². The van der Waals surface area contributed by atoms with Crippen molar-refractivity contribution in [3.63, 3.8) is 0 Å². The van der Waals surface area contributed by atoms with Gasteiger partial charge in [0, 0.05) is 18.7 Å². The summed E-state index contributed by atoms with van der Waals surface area (Å²) in [6.07, 6.45) is 4.86. The molecule has 0 radical (unpaired) electrons. The summed E-state index contributed by atoms with van der Waals surface area (Å²) in [4.78, 5) is 4.42. The molecule has 0 aliphatic heterocycles. The second-order valence-corrected chi connectivity index (χ2v) is 5.85. The number of hydrogen-bond acceptors (Lipinski definition) is 3. The Labute approximate surface area is 146 Å². The third kappa shape index (κ3) is 8.77. The van der Waals surface area contributed by atoms with Crippen molar-refractivity contribution in [2.45, 2.75) is 53.0 Å². The molecular formula is C19H33N3O2. The number of aliphatic imine (C=N–C) groups is 1. The van der Waals surface area contributed by atoms with Crippen molar-refractivity contribution in [1.82, 2.24) is 5.32 Å². The number of nitrogens with one attached hydrogen (secondary N) is 1. The summed E-state index contributed by atoms with van der Waals surface area (Å²) in [5.41, 5.74) is 8.13. The van der Waals surface area contributed by atoms with E-state index in [-0.39, 0.29) is 0 Å². The maximum absolute atomic E-state index is 5.93. The normalized spacial score (nSPS) is 11.5. The first kappa shape index (κ1) is 20.3. The van der Waals surface area contributed by atoms with Gasteiger partial charge in [-0.05, 0) is 31.9 Å². The van der Waals surface area contributed by atoms with Gasteiger partial charge in [0.15, 0.2) is 5.96 Å². The fourth-order valence-corrected chi connectivity index (χ4v) is 2.28. The van der Waals surface area contributed by atoms with E-state index in [1.54, 1.807) is 0 Å². The highest BCUT2D eigenvalue weighted by atomic mass is 16.5. The van der Waals surface area contributed by atoms with Crippen LogP contribution < -0.4 is 15.8 Å². The number of unbranched alkanes of at least 4 members (excludes halogenated alkanes) is 3. The Morgan fingerprint density at radius 2 is 2.00 bits per heavy atom. The Morgan fingerprint density at radius 3 is 2.75 bits per heavy atom. The van der Waals surface area contributed by atoms with Gasteiger partial charge in [0.1, 0.15) is 12.4 Å². The van der Waals surface area contributed by atoms with Gasteiger partial charge in [0.05, 0.1) is 13.2 Å². The molecule has 1 aromatic rings. The minimum Gasteiger partial charge on any atom is -0.491 e. The lowest BCUT2D eigenvalue weighted by atomic mass is 10.1. The summed E-state index contributed by atoms with van der Waals surface area (Å²) in [6.45, 7) is 9.46. The van der Waals surface area contributed by atoms with Gasteiger partial charge in [-0.1, -0.05) is 38.3 Å². The van der Waals surface area contributed by atoms with Gasteiger partial charge in [0.2, 0.25) is 0 Å². The van der Waals surface area contributed by atoms with Crippen molar-refractivity contribution in [2.75, 3.05) is 26.4 Å². The predicted molar refractivity (Wildman–Crippen MR) is 101 cm³/mol. The monoisotopic (exact) mass is 335 g/mol. The van der Waals surface area contributed by atoms with Crippen LogP contribution in [0.2, 0.25) is 0 Å². The van der Waals surface area contributed by atoms with Gasteiger partial charge in [-0.2, -0.15) is 0 Å².